The molecule has 0 aromatic heterocycles. The van der Waals surface area contributed by atoms with E-state index in [0.717, 1.165) is 23.2 Å². The van der Waals surface area contributed by atoms with Crippen LogP contribution in [0.3, 0.4) is 0 Å². The van der Waals surface area contributed by atoms with E-state index in [-0.39, 0.29) is 5.41 Å². The van der Waals surface area contributed by atoms with E-state index >= 15 is 0 Å². The first-order chi connectivity index (χ1) is 7.91. The maximum absolute atomic E-state index is 11.8. The van der Waals surface area contributed by atoms with Crippen LogP contribution in [0.2, 0.25) is 0 Å². The Morgan fingerprint density at radius 2 is 1.82 bits per heavy atom. The first kappa shape index (κ1) is 15.0. The van der Waals surface area contributed by atoms with Gasteiger partial charge in [0.15, 0.2) is 0 Å². The Morgan fingerprint density at radius 3 is 2.35 bits per heavy atom. The van der Waals surface area contributed by atoms with Crippen LogP contribution in [0.25, 0.3) is 0 Å². The van der Waals surface area contributed by atoms with Crippen LogP contribution in [0.15, 0.2) is 0 Å². The fourth-order valence-corrected chi connectivity index (χ4v) is 3.03. The summed E-state index contributed by atoms with van der Waals surface area (Å²) in [5, 5.41) is 0. The number of nitrogens with zero attached hydrogens (tertiary/aromatic N) is 1. The molecule has 1 aliphatic heterocycles. The van der Waals surface area contributed by atoms with Gasteiger partial charge in [0.25, 0.3) is 0 Å². The zero-order valence-corrected chi connectivity index (χ0v) is 12.8. The van der Waals surface area contributed by atoms with Gasteiger partial charge in [-0.25, -0.2) is 0 Å². The third kappa shape index (κ3) is 5.38. The molecule has 0 unspecified atom stereocenters. The molecule has 2 nitrogen and oxygen atoms in total. The van der Waals surface area contributed by atoms with Crippen molar-refractivity contribution in [2.24, 2.45) is 5.41 Å². The van der Waals surface area contributed by atoms with E-state index in [0.29, 0.717) is 12.2 Å². The Kier molecular flexibility index (Phi) is 5.93. The molecule has 4 heteroatoms. The number of ketones is 1. The van der Waals surface area contributed by atoms with Crippen LogP contribution in [-0.4, -0.2) is 33.8 Å². The quantitative estimate of drug-likeness (QED) is 0.733. The molecule has 1 fully saturated rings. The Hall–Kier alpha value is -0.0900. The van der Waals surface area contributed by atoms with Crippen molar-refractivity contribution in [3.8, 4) is 0 Å². The number of hydrogen-bond donors (Lipinski definition) is 0. The van der Waals surface area contributed by atoms with E-state index in [9.17, 15) is 4.79 Å². The molecule has 0 N–H and O–H groups in total. The summed E-state index contributed by atoms with van der Waals surface area (Å²) in [5.74, 6) is 1.15. The van der Waals surface area contributed by atoms with Gasteiger partial charge in [-0.2, -0.15) is 0 Å². The van der Waals surface area contributed by atoms with Gasteiger partial charge in [0.05, 0.1) is 0 Å². The molecular formula is C13H23NOS2. The Labute approximate surface area is 115 Å². The van der Waals surface area contributed by atoms with Gasteiger partial charge >= 0.3 is 0 Å². The van der Waals surface area contributed by atoms with Crippen molar-refractivity contribution in [1.82, 2.24) is 4.90 Å². The lowest BCUT2D eigenvalue weighted by Gasteiger charge is -2.28. The number of hydrogen-bond acceptors (Lipinski definition) is 3. The van der Waals surface area contributed by atoms with E-state index in [1.165, 1.54) is 19.3 Å². The molecule has 0 aliphatic carbocycles. The monoisotopic (exact) mass is 273 g/mol. The van der Waals surface area contributed by atoms with Crippen LogP contribution in [-0.2, 0) is 4.79 Å². The van der Waals surface area contributed by atoms with Crippen molar-refractivity contribution in [2.45, 2.75) is 46.5 Å². The molecule has 0 bridgehead atoms. The molecule has 0 amide bonds. The molecule has 0 atom stereocenters. The van der Waals surface area contributed by atoms with Gasteiger partial charge in [-0.1, -0.05) is 44.8 Å². The van der Waals surface area contributed by atoms with Gasteiger partial charge in [0, 0.05) is 30.7 Å². The highest BCUT2D eigenvalue weighted by Gasteiger charge is 2.21. The lowest BCUT2D eigenvalue weighted by Crippen LogP contribution is -2.33. The second-order valence-corrected chi connectivity index (χ2v) is 7.31. The third-order valence-corrected chi connectivity index (χ3v) is 4.53. The molecule has 0 saturated carbocycles. The molecule has 1 rings (SSSR count). The van der Waals surface area contributed by atoms with E-state index < -0.39 is 0 Å². The molecule has 0 spiro atoms. The van der Waals surface area contributed by atoms with Crippen molar-refractivity contribution in [2.75, 3.05) is 18.8 Å². The fourth-order valence-electron chi connectivity index (χ4n) is 1.77. The van der Waals surface area contributed by atoms with Crippen LogP contribution in [0.4, 0.5) is 0 Å². The lowest BCUT2D eigenvalue weighted by molar-refractivity contribution is -0.125. The third-order valence-electron chi connectivity index (χ3n) is 3.01. The van der Waals surface area contributed by atoms with Gasteiger partial charge in [-0.15, -0.1) is 0 Å². The zero-order valence-electron chi connectivity index (χ0n) is 11.1. The summed E-state index contributed by atoms with van der Waals surface area (Å²) in [6, 6.07) is 0. The average molecular weight is 273 g/mol. The first-order valence-electron chi connectivity index (χ1n) is 6.36. The number of likely N-dealkylation sites (tertiary alicyclic amines) is 1. The summed E-state index contributed by atoms with van der Waals surface area (Å²) in [6.07, 6.45) is 4.46. The van der Waals surface area contributed by atoms with E-state index in [1.54, 1.807) is 11.8 Å². The van der Waals surface area contributed by atoms with Gasteiger partial charge in [0.2, 0.25) is 0 Å². The molecular weight excluding hydrogens is 250 g/mol. The Balaban J connectivity index is 2.22. The summed E-state index contributed by atoms with van der Waals surface area (Å²) in [6.45, 7) is 8.12. The number of piperidine rings is 1. The van der Waals surface area contributed by atoms with Crippen molar-refractivity contribution >= 4 is 34.1 Å². The van der Waals surface area contributed by atoms with Crippen LogP contribution in [0, 0.1) is 5.41 Å². The van der Waals surface area contributed by atoms with Crippen molar-refractivity contribution in [3.05, 3.63) is 0 Å². The summed E-state index contributed by atoms with van der Waals surface area (Å²) in [4.78, 5) is 14.0. The maximum atomic E-state index is 11.8. The molecule has 1 heterocycles. The average Bonchev–Trinajstić information content (AvgIpc) is 2.28. The minimum atomic E-state index is -0.215. The highest BCUT2D eigenvalue weighted by Crippen LogP contribution is 2.21. The lowest BCUT2D eigenvalue weighted by atomic mass is 9.89. The maximum Gasteiger partial charge on any atom is 0.139 e. The summed E-state index contributed by atoms with van der Waals surface area (Å²) < 4.78 is 0.978. The predicted molar refractivity (Wildman–Crippen MR) is 79.6 cm³/mol. The van der Waals surface area contributed by atoms with E-state index in [1.807, 2.05) is 20.8 Å². The smallest absolute Gasteiger partial charge is 0.139 e. The minimum absolute atomic E-state index is 0.215. The normalized spacial score (nSPS) is 17.0. The Morgan fingerprint density at radius 1 is 1.24 bits per heavy atom. The number of thiocarbonyl (C=S) groups is 1. The molecule has 0 aromatic rings. The largest absolute Gasteiger partial charge is 0.358 e. The summed E-state index contributed by atoms with van der Waals surface area (Å²) in [5.41, 5.74) is -0.215. The Bertz CT molecular complexity index is 278. The van der Waals surface area contributed by atoms with Gasteiger partial charge in [-0.05, 0) is 19.3 Å². The fraction of sp³-hybridized carbons (Fsp3) is 0.846. The predicted octanol–water partition coefficient (Wildman–Crippen LogP) is 3.50. The molecule has 0 radical (unpaired) electrons. The number of carbonyl (C=O) groups excluding carboxylic acids is 1. The number of rotatable bonds is 3. The number of thioether (sulfide) groups is 1. The molecule has 98 valence electrons. The molecule has 0 aromatic carbocycles. The topological polar surface area (TPSA) is 20.3 Å². The number of carbonyl (C=O) groups is 1. The standard InChI is InChI=1S/C13H23NOS2/c1-13(2,3)11(15)7-10-17-12(16)14-8-5-4-6-9-14/h4-10H2,1-3H3. The highest BCUT2D eigenvalue weighted by molar-refractivity contribution is 8.22. The van der Waals surface area contributed by atoms with Gasteiger partial charge < -0.3 is 4.90 Å². The second kappa shape index (κ2) is 6.74. The second-order valence-electron chi connectivity index (χ2n) is 5.59. The molecule has 17 heavy (non-hydrogen) atoms. The summed E-state index contributed by atoms with van der Waals surface area (Å²) >= 11 is 7.06. The van der Waals surface area contributed by atoms with Crippen LogP contribution in [0.5, 0.6) is 0 Å². The van der Waals surface area contributed by atoms with Gasteiger partial charge in [-0.3, -0.25) is 4.79 Å². The van der Waals surface area contributed by atoms with Crippen molar-refractivity contribution < 1.29 is 4.79 Å². The first-order valence-corrected chi connectivity index (χ1v) is 7.75. The van der Waals surface area contributed by atoms with E-state index in [4.69, 9.17) is 12.2 Å². The zero-order chi connectivity index (χ0) is 12.9. The SMILES string of the molecule is CC(C)(C)C(=O)CCSC(=S)N1CCCCC1. The summed E-state index contributed by atoms with van der Waals surface area (Å²) in [7, 11) is 0. The van der Waals surface area contributed by atoms with Crippen LogP contribution in [0.1, 0.15) is 46.5 Å². The highest BCUT2D eigenvalue weighted by atomic mass is 32.2. The van der Waals surface area contributed by atoms with Crippen molar-refractivity contribution in [3.63, 3.8) is 0 Å². The van der Waals surface area contributed by atoms with E-state index in [2.05, 4.69) is 4.90 Å². The molecule has 1 saturated heterocycles. The molecule has 1 aliphatic rings. The van der Waals surface area contributed by atoms with Gasteiger partial charge in [0.1, 0.15) is 10.1 Å². The van der Waals surface area contributed by atoms with Crippen molar-refractivity contribution in [1.29, 1.82) is 0 Å². The number of Topliss-reactive ketones (excluding diaryl/α,β-unsaturated/α-hetero) is 1. The minimum Gasteiger partial charge on any atom is -0.358 e. The van der Waals surface area contributed by atoms with Crippen LogP contribution >= 0.6 is 24.0 Å². The van der Waals surface area contributed by atoms with Crippen LogP contribution < -0.4 is 0 Å².